The molecular weight excluding hydrogens is 1070 g/mol. The van der Waals surface area contributed by atoms with Gasteiger partial charge in [-0.15, -0.1) is 0 Å². The van der Waals surface area contributed by atoms with E-state index in [9.17, 15) is 80.5 Å². The van der Waals surface area contributed by atoms with Crippen LogP contribution in [-0.2, 0) is 37.9 Å². The first-order chi connectivity index (χ1) is 38.2. The van der Waals surface area contributed by atoms with E-state index in [1.807, 2.05) is 0 Å². The van der Waals surface area contributed by atoms with Crippen molar-refractivity contribution in [3.63, 3.8) is 0 Å². The lowest BCUT2D eigenvalue weighted by Gasteiger charge is -2.40. The zero-order valence-electron chi connectivity index (χ0n) is 41.5. The topological polar surface area (TPSA) is 422 Å². The minimum absolute atomic E-state index is 0.0118. The van der Waals surface area contributed by atoms with Gasteiger partial charge < -0.3 is 118 Å². The van der Waals surface area contributed by atoms with Gasteiger partial charge in [0.15, 0.2) is 0 Å². The van der Waals surface area contributed by atoms with Gasteiger partial charge in [0.1, 0.15) is 147 Å². The van der Waals surface area contributed by atoms with Gasteiger partial charge in [0.2, 0.25) is 25.2 Å². The van der Waals surface area contributed by atoms with Gasteiger partial charge in [-0.2, -0.15) is 0 Å². The third kappa shape index (κ3) is 12.9. The maximum atomic E-state index is 13.1. The highest BCUT2D eigenvalue weighted by Gasteiger charge is 2.49. The summed E-state index contributed by atoms with van der Waals surface area (Å²) < 4.78 is 66.8. The smallest absolute Gasteiger partial charge is 0.338 e. The van der Waals surface area contributed by atoms with Crippen molar-refractivity contribution in [2.45, 2.75) is 123 Å². The fraction of sp³-hybridized carbons (Fsp3) is 0.462. The summed E-state index contributed by atoms with van der Waals surface area (Å²) in [5.41, 5.74) is -0.243. The molecule has 11 aliphatic rings. The van der Waals surface area contributed by atoms with E-state index >= 15 is 0 Å². The number of esters is 4. The monoisotopic (exact) mass is 1130 g/mol. The Labute approximate surface area is 451 Å². The Hall–Kier alpha value is -6.68. The molecular formula is C52H56O28. The van der Waals surface area contributed by atoms with Crippen molar-refractivity contribution in [2.75, 3.05) is 26.4 Å². The predicted molar refractivity (Wildman–Crippen MR) is 256 cm³/mol. The maximum absolute atomic E-state index is 13.1. The van der Waals surface area contributed by atoms with E-state index in [0.29, 0.717) is 0 Å². The van der Waals surface area contributed by atoms with Crippen molar-refractivity contribution in [2.24, 2.45) is 0 Å². The van der Waals surface area contributed by atoms with E-state index in [-0.39, 0.29) is 45.3 Å². The Balaban J connectivity index is 0.899. The second kappa shape index (κ2) is 25.0. The molecule has 0 saturated carbocycles. The van der Waals surface area contributed by atoms with E-state index in [4.69, 9.17) is 56.8 Å². The Morgan fingerprint density at radius 3 is 0.600 bits per heavy atom. The molecule has 4 aromatic carbocycles. The zero-order chi connectivity index (χ0) is 57.1. The lowest BCUT2D eigenvalue weighted by atomic mass is 9.99. The van der Waals surface area contributed by atoms with E-state index in [1.54, 1.807) is 0 Å². The highest BCUT2D eigenvalue weighted by atomic mass is 16.7. The summed E-state index contributed by atoms with van der Waals surface area (Å²) in [6.07, 6.45) is -34.1. The fourth-order valence-corrected chi connectivity index (χ4v) is 8.79. The molecule has 11 aliphatic heterocycles. The minimum Gasteiger partial charge on any atom is -0.462 e. The Morgan fingerprint density at radius 2 is 0.425 bits per heavy atom. The van der Waals surface area contributed by atoms with Crippen LogP contribution in [0.15, 0.2) is 97.1 Å². The molecule has 0 radical (unpaired) electrons. The van der Waals surface area contributed by atoms with Gasteiger partial charge in [-0.3, -0.25) is 0 Å². The second-order valence-electron chi connectivity index (χ2n) is 19.0. The van der Waals surface area contributed by atoms with E-state index in [0.717, 1.165) is 0 Å². The summed E-state index contributed by atoms with van der Waals surface area (Å²) in [7, 11) is 0. The van der Waals surface area contributed by atoms with Crippen LogP contribution in [0.3, 0.4) is 0 Å². The number of aliphatic hydroxyl groups is 12. The molecule has 15 rings (SSSR count). The molecule has 4 aromatic rings. The van der Waals surface area contributed by atoms with Gasteiger partial charge in [0.25, 0.3) is 0 Å². The normalized spacial score (nSPS) is 36.8. The summed E-state index contributed by atoms with van der Waals surface area (Å²) >= 11 is 0. The van der Waals surface area contributed by atoms with Crippen molar-refractivity contribution in [3.05, 3.63) is 119 Å². The average Bonchev–Trinajstić information content (AvgIpc) is 3.47. The lowest BCUT2D eigenvalue weighted by molar-refractivity contribution is -0.277. The molecule has 0 aliphatic carbocycles. The Bertz CT molecular complexity index is 2370. The number of hydrogen-bond acceptors (Lipinski definition) is 28. The Kier molecular flexibility index (Phi) is 18.1. The zero-order valence-corrected chi connectivity index (χ0v) is 41.5. The van der Waals surface area contributed by atoms with Gasteiger partial charge in [-0.1, -0.05) is 0 Å². The first-order valence-electron chi connectivity index (χ1n) is 24.8. The van der Waals surface area contributed by atoms with Gasteiger partial charge in [0.05, 0.1) is 22.3 Å². The van der Waals surface area contributed by atoms with Crippen molar-refractivity contribution < 1.29 is 137 Å². The average molecular weight is 1130 g/mol. The van der Waals surface area contributed by atoms with Crippen LogP contribution < -0.4 is 18.9 Å². The van der Waals surface area contributed by atoms with Crippen LogP contribution in [0.2, 0.25) is 0 Å². The summed E-state index contributed by atoms with van der Waals surface area (Å²) in [6, 6.07) is 20.1. The largest absolute Gasteiger partial charge is 0.462 e. The van der Waals surface area contributed by atoms with E-state index < -0.39 is 173 Å². The molecule has 432 valence electrons. The highest BCUT2D eigenvalue weighted by molar-refractivity contribution is 5.91. The maximum Gasteiger partial charge on any atom is 0.338 e. The lowest BCUT2D eigenvalue weighted by Crippen LogP contribution is -2.60. The van der Waals surface area contributed by atoms with Crippen LogP contribution in [0.1, 0.15) is 41.4 Å². The number of rotatable bonds is 0. The highest BCUT2D eigenvalue weighted by Crippen LogP contribution is 2.31. The van der Waals surface area contributed by atoms with E-state index in [2.05, 4.69) is 0 Å². The molecule has 0 aromatic heterocycles. The van der Waals surface area contributed by atoms with E-state index in [1.165, 1.54) is 97.1 Å². The third-order valence-electron chi connectivity index (χ3n) is 13.6. The standard InChI is InChI=1S/C52H56O28/c53-33-29-17-69-45(65)21-1-9-25(10-2-21)73-49-41(61)37(57)34(54)30(77-49)18-70-46(66)22-5-13-27(14-6-22)75-51-43(63)39(59)36(56)32(79-51)20-72-48(68)24-7-15-28(16-8-24)76-52-44(64)40(60)35(55)31(80-52)19-71-47(67)23-3-11-26(12-4-23)74-50(78-29)42(62)38(33)58/h1-16,29-44,49-64H,17-20H2/t29-,30-,31-,32-,33-,34-,35-,36-,37+,38+,39+,40+,41-,42-,43-,44-,49-,50-,51-,52-/m1/s1. The van der Waals surface area contributed by atoms with Gasteiger partial charge in [-0.05, 0) is 97.1 Å². The molecule has 12 N–H and O–H groups in total. The molecule has 28 nitrogen and oxygen atoms in total. The van der Waals surface area contributed by atoms with Crippen molar-refractivity contribution in [1.82, 2.24) is 0 Å². The second-order valence-corrected chi connectivity index (χ2v) is 19.0. The third-order valence-corrected chi connectivity index (χ3v) is 13.6. The molecule has 80 heavy (non-hydrogen) atoms. The first-order valence-corrected chi connectivity index (χ1v) is 24.8. The fourth-order valence-electron chi connectivity index (χ4n) is 8.79. The van der Waals surface area contributed by atoms with Gasteiger partial charge >= 0.3 is 23.9 Å². The number of benzene rings is 4. The minimum atomic E-state index is -1.85. The predicted octanol–water partition coefficient (Wildman–Crippen LogP) is -3.83. The van der Waals surface area contributed by atoms with Crippen molar-refractivity contribution in [3.8, 4) is 23.0 Å². The van der Waals surface area contributed by atoms with Crippen LogP contribution in [0, 0.1) is 0 Å². The molecule has 28 heteroatoms. The molecule has 4 fully saturated rings. The van der Waals surface area contributed by atoms with Crippen molar-refractivity contribution in [1.29, 1.82) is 0 Å². The summed E-state index contributed by atoms with van der Waals surface area (Å²) in [5, 5.41) is 128. The SMILES string of the molecule is O=C1OC[C@H]2O[C@@H](Oc3ccc(cc3)C(=O)OC[C@H]3O[C@@H](Oc4ccc(cc4)C(=O)OC[C@H]4O[C@@H](Oc5ccc(cc5)C(=O)OC[C@H]5O[C@@H](Oc6ccc1cc6)[C@H](O)[C@@H](O)[C@@H]5O)[C@H](O)[C@@H](O)[C@@H]4O)[C@H](O)[C@@H](O)[C@@H]3O)[C@H](O)[C@@H](O)[C@@H]2O. The molecule has 11 heterocycles. The van der Waals surface area contributed by atoms with Crippen LogP contribution in [-0.4, -0.2) is 234 Å². The van der Waals surface area contributed by atoms with Gasteiger partial charge in [0, 0.05) is 0 Å². The van der Waals surface area contributed by atoms with Crippen LogP contribution in [0.4, 0.5) is 0 Å². The summed E-state index contributed by atoms with van der Waals surface area (Å²) in [5.74, 6) is -3.83. The summed E-state index contributed by atoms with van der Waals surface area (Å²) in [4.78, 5) is 52.4. The van der Waals surface area contributed by atoms with Crippen LogP contribution in [0.25, 0.3) is 0 Å². The van der Waals surface area contributed by atoms with Crippen LogP contribution >= 0.6 is 0 Å². The molecule has 0 spiro atoms. The van der Waals surface area contributed by atoms with Crippen molar-refractivity contribution >= 4 is 23.9 Å². The quantitative estimate of drug-likeness (QED) is 0.0593. The number of carbonyl (C=O) groups is 4. The number of ether oxygens (including phenoxy) is 12. The van der Waals surface area contributed by atoms with Gasteiger partial charge in [-0.25, -0.2) is 19.2 Å². The number of hydrogen-bond donors (Lipinski definition) is 12. The van der Waals surface area contributed by atoms with Crippen LogP contribution in [0.5, 0.6) is 23.0 Å². The number of aliphatic hydroxyl groups excluding tert-OH is 12. The molecule has 4 saturated heterocycles. The Morgan fingerprint density at radius 1 is 0.250 bits per heavy atom. The molecule has 16 bridgehead atoms. The molecule has 0 amide bonds. The molecule has 20 atom stereocenters. The summed E-state index contributed by atoms with van der Waals surface area (Å²) in [6.45, 7) is -2.64. The first kappa shape index (κ1) is 58.0. The number of carbonyl (C=O) groups excluding carboxylic acids is 4. The molecule has 0 unspecified atom stereocenters.